The number of aromatic nitrogens is 2. The minimum Gasteiger partial charge on any atom is -0.342 e. The summed E-state index contributed by atoms with van der Waals surface area (Å²) in [5.74, 6) is 0.212. The van der Waals surface area contributed by atoms with Crippen LogP contribution in [0.5, 0.6) is 0 Å². The number of benzene rings is 1. The van der Waals surface area contributed by atoms with Gasteiger partial charge in [-0.25, -0.2) is 0 Å². The summed E-state index contributed by atoms with van der Waals surface area (Å²) in [6.07, 6.45) is 2.09. The lowest BCUT2D eigenvalue weighted by Crippen LogP contribution is -2.45. The average molecular weight is 432 g/mol. The van der Waals surface area contributed by atoms with Gasteiger partial charge in [-0.05, 0) is 58.0 Å². The second-order valence-corrected chi connectivity index (χ2v) is 8.57. The fraction of sp³-hybridized carbons (Fsp3) is 0.522. The van der Waals surface area contributed by atoms with Gasteiger partial charge in [0.2, 0.25) is 5.91 Å². The first-order valence-corrected chi connectivity index (χ1v) is 10.8. The Morgan fingerprint density at radius 1 is 1.06 bits per heavy atom. The van der Waals surface area contributed by atoms with Crippen molar-refractivity contribution in [2.24, 2.45) is 5.92 Å². The van der Waals surface area contributed by atoms with E-state index in [2.05, 4.69) is 21.9 Å². The minimum atomic E-state index is -4.42. The highest BCUT2D eigenvalue weighted by atomic mass is 19.4. The third-order valence-corrected chi connectivity index (χ3v) is 6.38. The third kappa shape index (κ3) is 4.89. The highest BCUT2D eigenvalue weighted by Crippen LogP contribution is 2.36. The Morgan fingerprint density at radius 3 is 2.55 bits per heavy atom. The van der Waals surface area contributed by atoms with E-state index in [1.807, 2.05) is 4.90 Å². The molecule has 1 aromatic heterocycles. The lowest BCUT2D eigenvalue weighted by atomic mass is 9.89. The van der Waals surface area contributed by atoms with E-state index in [1.54, 1.807) is 12.3 Å². The molecule has 1 atom stereocenters. The van der Waals surface area contributed by atoms with Crippen LogP contribution in [-0.4, -0.2) is 58.9 Å². The normalized spacial score (nSPS) is 21.3. The Labute approximate surface area is 180 Å². The van der Waals surface area contributed by atoms with Crippen molar-refractivity contribution in [3.8, 4) is 11.3 Å². The van der Waals surface area contributed by atoms with Crippen molar-refractivity contribution in [3.63, 3.8) is 0 Å². The van der Waals surface area contributed by atoms with Crippen LogP contribution in [0.2, 0.25) is 0 Å². The predicted molar refractivity (Wildman–Crippen MR) is 111 cm³/mol. The number of carbonyl (C=O) groups excluding carboxylic acids is 1. The largest absolute Gasteiger partial charge is 0.416 e. The number of amides is 1. The lowest BCUT2D eigenvalue weighted by molar-refractivity contribution is -0.138. The van der Waals surface area contributed by atoms with E-state index in [0.717, 1.165) is 57.5 Å². The Morgan fingerprint density at radius 2 is 1.81 bits per heavy atom. The zero-order chi connectivity index (χ0) is 22.0. The third-order valence-electron chi connectivity index (χ3n) is 6.38. The SMILES string of the molecule is CN1CCC(C(=O)N2CCC[C@@H](c3nccnc3-c3cccc(C(F)(F)F)c3)C2)CC1. The molecule has 0 unspecified atom stereocenters. The number of alkyl halides is 3. The minimum absolute atomic E-state index is 0.0396. The van der Waals surface area contributed by atoms with Gasteiger partial charge in [-0.3, -0.25) is 14.8 Å². The number of carbonyl (C=O) groups is 1. The van der Waals surface area contributed by atoms with E-state index in [1.165, 1.54) is 12.3 Å². The zero-order valence-electron chi connectivity index (χ0n) is 17.6. The number of halogens is 3. The number of hydrogen-bond donors (Lipinski definition) is 0. The molecule has 4 rings (SSSR count). The standard InChI is InChI=1S/C23H27F3N4O/c1-29-12-7-16(8-13-29)22(31)30-11-3-5-18(15-30)21-20(27-9-10-28-21)17-4-2-6-19(14-17)23(24,25)26/h2,4,6,9-10,14,16,18H,3,5,7-8,11-13,15H2,1H3/t18-/m1/s1. The van der Waals surface area contributed by atoms with Crippen molar-refractivity contribution < 1.29 is 18.0 Å². The van der Waals surface area contributed by atoms with Crippen molar-refractivity contribution in [2.75, 3.05) is 33.2 Å². The van der Waals surface area contributed by atoms with Crippen molar-refractivity contribution in [3.05, 3.63) is 47.9 Å². The molecule has 5 nitrogen and oxygen atoms in total. The van der Waals surface area contributed by atoms with Gasteiger partial charge in [0, 0.05) is 42.9 Å². The summed E-state index contributed by atoms with van der Waals surface area (Å²) in [4.78, 5) is 26.1. The molecule has 3 heterocycles. The summed E-state index contributed by atoms with van der Waals surface area (Å²) in [5, 5.41) is 0. The molecule has 2 saturated heterocycles. The summed E-state index contributed by atoms with van der Waals surface area (Å²) >= 11 is 0. The van der Waals surface area contributed by atoms with E-state index >= 15 is 0 Å². The molecule has 0 bridgehead atoms. The lowest BCUT2D eigenvalue weighted by Gasteiger charge is -2.37. The highest BCUT2D eigenvalue weighted by molar-refractivity contribution is 5.79. The van der Waals surface area contributed by atoms with Crippen LogP contribution in [0.3, 0.4) is 0 Å². The Hall–Kier alpha value is -2.48. The molecule has 166 valence electrons. The molecular weight excluding hydrogens is 405 g/mol. The van der Waals surface area contributed by atoms with Gasteiger partial charge in [0.15, 0.2) is 0 Å². The van der Waals surface area contributed by atoms with Crippen LogP contribution in [0, 0.1) is 5.92 Å². The zero-order valence-corrected chi connectivity index (χ0v) is 17.6. The Bertz CT molecular complexity index is 925. The summed E-state index contributed by atoms with van der Waals surface area (Å²) in [6.45, 7) is 3.12. The van der Waals surface area contributed by atoms with E-state index in [0.29, 0.717) is 23.5 Å². The van der Waals surface area contributed by atoms with Gasteiger partial charge >= 0.3 is 6.18 Å². The monoisotopic (exact) mass is 432 g/mol. The molecule has 2 aliphatic rings. The molecule has 1 amide bonds. The summed E-state index contributed by atoms with van der Waals surface area (Å²) < 4.78 is 39.6. The molecule has 0 saturated carbocycles. The van der Waals surface area contributed by atoms with Crippen molar-refractivity contribution in [1.82, 2.24) is 19.8 Å². The van der Waals surface area contributed by atoms with Crippen molar-refractivity contribution in [1.29, 1.82) is 0 Å². The van der Waals surface area contributed by atoms with Gasteiger partial charge in [0.25, 0.3) is 0 Å². The van der Waals surface area contributed by atoms with Crippen molar-refractivity contribution >= 4 is 5.91 Å². The fourth-order valence-corrected chi connectivity index (χ4v) is 4.63. The molecule has 1 aromatic carbocycles. The summed E-state index contributed by atoms with van der Waals surface area (Å²) in [7, 11) is 2.07. The first-order valence-electron chi connectivity index (χ1n) is 10.8. The molecule has 8 heteroatoms. The molecule has 31 heavy (non-hydrogen) atoms. The second kappa shape index (κ2) is 8.94. The molecular formula is C23H27F3N4O. The maximum Gasteiger partial charge on any atom is 0.416 e. The predicted octanol–water partition coefficient (Wildman–Crippen LogP) is 4.21. The first-order chi connectivity index (χ1) is 14.8. The Kier molecular flexibility index (Phi) is 6.27. The molecule has 0 spiro atoms. The smallest absolute Gasteiger partial charge is 0.342 e. The van der Waals surface area contributed by atoms with Crippen LogP contribution < -0.4 is 0 Å². The van der Waals surface area contributed by atoms with Crippen LogP contribution >= 0.6 is 0 Å². The van der Waals surface area contributed by atoms with Gasteiger partial charge in [-0.1, -0.05) is 12.1 Å². The summed E-state index contributed by atoms with van der Waals surface area (Å²) in [6, 6.07) is 5.21. The van der Waals surface area contributed by atoms with Gasteiger partial charge in [-0.15, -0.1) is 0 Å². The molecule has 0 aliphatic carbocycles. The van der Waals surface area contributed by atoms with E-state index in [9.17, 15) is 18.0 Å². The maximum absolute atomic E-state index is 13.2. The highest BCUT2D eigenvalue weighted by Gasteiger charge is 2.34. The van der Waals surface area contributed by atoms with Crippen LogP contribution in [0.4, 0.5) is 13.2 Å². The second-order valence-electron chi connectivity index (χ2n) is 8.57. The van der Waals surface area contributed by atoms with Crippen LogP contribution in [0.25, 0.3) is 11.3 Å². The number of piperidine rings is 2. The van der Waals surface area contributed by atoms with Crippen LogP contribution in [-0.2, 0) is 11.0 Å². The fourth-order valence-electron chi connectivity index (χ4n) is 4.63. The van der Waals surface area contributed by atoms with E-state index < -0.39 is 11.7 Å². The molecule has 0 N–H and O–H groups in total. The number of hydrogen-bond acceptors (Lipinski definition) is 4. The van der Waals surface area contributed by atoms with E-state index in [-0.39, 0.29) is 17.7 Å². The van der Waals surface area contributed by atoms with Crippen molar-refractivity contribution in [2.45, 2.75) is 37.8 Å². The molecule has 2 aliphatic heterocycles. The quantitative estimate of drug-likeness (QED) is 0.729. The molecule has 0 radical (unpaired) electrons. The maximum atomic E-state index is 13.2. The van der Waals surface area contributed by atoms with Gasteiger partial charge < -0.3 is 9.80 Å². The van der Waals surface area contributed by atoms with Gasteiger partial charge in [0.05, 0.1) is 17.0 Å². The van der Waals surface area contributed by atoms with Gasteiger partial charge in [0.1, 0.15) is 0 Å². The number of rotatable bonds is 3. The van der Waals surface area contributed by atoms with Crippen LogP contribution in [0.1, 0.15) is 42.9 Å². The topological polar surface area (TPSA) is 49.3 Å². The molecule has 2 fully saturated rings. The molecule has 2 aromatic rings. The number of likely N-dealkylation sites (tertiary alicyclic amines) is 2. The summed E-state index contributed by atoms with van der Waals surface area (Å²) in [5.41, 5.74) is 0.830. The van der Waals surface area contributed by atoms with E-state index in [4.69, 9.17) is 0 Å². The first kappa shape index (κ1) is 21.7. The van der Waals surface area contributed by atoms with Gasteiger partial charge in [-0.2, -0.15) is 13.2 Å². The average Bonchev–Trinajstić information content (AvgIpc) is 2.79. The Balaban J connectivity index is 1.56. The number of nitrogens with zero attached hydrogens (tertiary/aromatic N) is 4. The van der Waals surface area contributed by atoms with Crippen LogP contribution in [0.15, 0.2) is 36.7 Å².